The van der Waals surface area contributed by atoms with E-state index in [9.17, 15) is 9.59 Å². The first-order valence-electron chi connectivity index (χ1n) is 13.3. The second-order valence-electron chi connectivity index (χ2n) is 9.89. The Labute approximate surface area is 223 Å². The number of hydrogen-bond donors (Lipinski definition) is 0. The number of rotatable bonds is 4. The van der Waals surface area contributed by atoms with Gasteiger partial charge in [0, 0.05) is 20.1 Å². The lowest BCUT2D eigenvalue weighted by Gasteiger charge is -2.32. The van der Waals surface area contributed by atoms with Crippen molar-refractivity contribution in [3.8, 4) is 17.2 Å². The number of hydrogen-bond acceptors (Lipinski definition) is 5. The summed E-state index contributed by atoms with van der Waals surface area (Å²) in [7, 11) is 1.83. The molecule has 0 aliphatic carbocycles. The molecule has 0 N–H and O–H groups in total. The number of carbonyl (C=O) groups is 2. The lowest BCUT2D eigenvalue weighted by Crippen LogP contribution is -2.46. The molecular formula is C31H34N2O5. The van der Waals surface area contributed by atoms with Crippen molar-refractivity contribution in [2.24, 2.45) is 0 Å². The fourth-order valence-electron chi connectivity index (χ4n) is 5.05. The van der Waals surface area contributed by atoms with Gasteiger partial charge in [0.05, 0.1) is 18.0 Å². The van der Waals surface area contributed by atoms with E-state index >= 15 is 0 Å². The summed E-state index contributed by atoms with van der Waals surface area (Å²) in [5, 5.41) is 0. The first-order valence-corrected chi connectivity index (χ1v) is 13.3. The topological polar surface area (TPSA) is 68.3 Å². The fraction of sp³-hybridized carbons (Fsp3) is 0.355. The Hall–Kier alpha value is -4.00. The Balaban J connectivity index is 1.43. The first kappa shape index (κ1) is 25.6. The van der Waals surface area contributed by atoms with Gasteiger partial charge in [0.15, 0.2) is 11.5 Å². The number of benzene rings is 3. The van der Waals surface area contributed by atoms with Gasteiger partial charge < -0.3 is 24.0 Å². The lowest BCUT2D eigenvalue weighted by molar-refractivity contribution is -0.133. The smallest absolute Gasteiger partial charge is 0.257 e. The van der Waals surface area contributed by atoms with Crippen LogP contribution in [0.5, 0.6) is 17.2 Å². The summed E-state index contributed by atoms with van der Waals surface area (Å²) in [5.74, 6) is 1.93. The van der Waals surface area contributed by atoms with Gasteiger partial charge in [-0.2, -0.15) is 0 Å². The maximum absolute atomic E-state index is 13.8. The van der Waals surface area contributed by atoms with Gasteiger partial charge in [0.25, 0.3) is 5.91 Å². The molecule has 2 heterocycles. The van der Waals surface area contributed by atoms with E-state index in [1.165, 1.54) is 0 Å². The van der Waals surface area contributed by atoms with Crippen molar-refractivity contribution in [3.05, 3.63) is 89.5 Å². The molecule has 0 unspecified atom stereocenters. The molecule has 0 radical (unpaired) electrons. The molecule has 0 fully saturated rings. The molecule has 1 atom stereocenters. The molecule has 7 nitrogen and oxygen atoms in total. The molecule has 0 saturated carbocycles. The van der Waals surface area contributed by atoms with Crippen LogP contribution in [0.25, 0.3) is 0 Å². The molecule has 0 spiro atoms. The van der Waals surface area contributed by atoms with E-state index in [0.29, 0.717) is 42.3 Å². The largest absolute Gasteiger partial charge is 0.491 e. The van der Waals surface area contributed by atoms with Crippen LogP contribution in [0.15, 0.2) is 72.8 Å². The summed E-state index contributed by atoms with van der Waals surface area (Å²) < 4.78 is 17.3. The highest BCUT2D eigenvalue weighted by atomic mass is 16.7. The van der Waals surface area contributed by atoms with Crippen molar-refractivity contribution in [2.75, 3.05) is 33.5 Å². The highest BCUT2D eigenvalue weighted by Crippen LogP contribution is 2.33. The summed E-state index contributed by atoms with van der Waals surface area (Å²) >= 11 is 0. The molecule has 5 rings (SSSR count). The summed E-state index contributed by atoms with van der Waals surface area (Å²) in [4.78, 5) is 30.7. The number of nitrogens with zero attached hydrogens (tertiary/aromatic N) is 2. The van der Waals surface area contributed by atoms with E-state index in [2.05, 4.69) is 12.1 Å². The van der Waals surface area contributed by atoms with Gasteiger partial charge >= 0.3 is 0 Å². The van der Waals surface area contributed by atoms with Gasteiger partial charge in [0.1, 0.15) is 12.4 Å². The monoisotopic (exact) mass is 514 g/mol. The number of amides is 2. The third kappa shape index (κ3) is 6.10. The Morgan fingerprint density at radius 1 is 0.816 bits per heavy atom. The zero-order valence-corrected chi connectivity index (χ0v) is 21.8. The Bertz CT molecular complexity index is 1260. The number of para-hydroxylation sites is 1. The fourth-order valence-corrected chi connectivity index (χ4v) is 5.05. The lowest BCUT2D eigenvalue weighted by atomic mass is 10.0. The van der Waals surface area contributed by atoms with Crippen LogP contribution in [0.2, 0.25) is 0 Å². The van der Waals surface area contributed by atoms with Crippen LogP contribution >= 0.6 is 0 Å². The van der Waals surface area contributed by atoms with Crippen LogP contribution in [-0.4, -0.2) is 61.2 Å². The predicted octanol–water partition coefficient (Wildman–Crippen LogP) is 4.73. The minimum atomic E-state index is -0.194. The van der Waals surface area contributed by atoms with Crippen molar-refractivity contribution in [1.82, 2.24) is 9.80 Å². The highest BCUT2D eigenvalue weighted by Gasteiger charge is 2.27. The van der Waals surface area contributed by atoms with Crippen LogP contribution < -0.4 is 14.2 Å². The molecule has 198 valence electrons. The molecule has 0 bridgehead atoms. The quantitative estimate of drug-likeness (QED) is 0.504. The average molecular weight is 515 g/mol. The van der Waals surface area contributed by atoms with Gasteiger partial charge in [-0.05, 0) is 61.1 Å². The zero-order valence-electron chi connectivity index (χ0n) is 21.8. The molecule has 3 aromatic carbocycles. The van der Waals surface area contributed by atoms with E-state index < -0.39 is 0 Å². The van der Waals surface area contributed by atoms with Gasteiger partial charge in [-0.15, -0.1) is 0 Å². The second kappa shape index (κ2) is 12.0. The van der Waals surface area contributed by atoms with Crippen molar-refractivity contribution in [1.29, 1.82) is 0 Å². The molecule has 0 aromatic heterocycles. The van der Waals surface area contributed by atoms with Crippen LogP contribution in [0, 0.1) is 0 Å². The van der Waals surface area contributed by atoms with Crippen LogP contribution in [0.1, 0.15) is 40.7 Å². The number of carbonyl (C=O) groups excluding carboxylic acids is 2. The van der Waals surface area contributed by atoms with Crippen LogP contribution in [-0.2, 0) is 17.6 Å². The zero-order chi connectivity index (χ0) is 26.3. The van der Waals surface area contributed by atoms with Crippen molar-refractivity contribution in [3.63, 3.8) is 0 Å². The maximum Gasteiger partial charge on any atom is 0.257 e. The first-order chi connectivity index (χ1) is 18.6. The molecule has 38 heavy (non-hydrogen) atoms. The molecule has 2 amide bonds. The standard InChI is InChI=1S/C31H34N2O5/c1-32-16-8-3-9-17-33(30(34)20-24-14-15-28-29(19-24)38-22-37-28)25(18-23-10-4-2-5-11-23)21-36-27-13-7-6-12-26(27)31(32)35/h2,4-7,10-15,19,25H,3,8-9,16-18,20-22H2,1H3/t25-/m0/s1. The van der Waals surface area contributed by atoms with E-state index in [-0.39, 0.29) is 37.7 Å². The summed E-state index contributed by atoms with van der Waals surface area (Å²) in [6.45, 7) is 1.78. The van der Waals surface area contributed by atoms with Crippen LogP contribution in [0.3, 0.4) is 0 Å². The molecule has 0 saturated heterocycles. The molecule has 7 heteroatoms. The van der Waals surface area contributed by atoms with E-state index in [1.807, 2.05) is 72.6 Å². The highest BCUT2D eigenvalue weighted by molar-refractivity contribution is 5.96. The summed E-state index contributed by atoms with van der Waals surface area (Å²) in [6.07, 6.45) is 3.57. The number of ether oxygens (including phenoxy) is 3. The molecule has 2 aliphatic heterocycles. The Morgan fingerprint density at radius 3 is 2.45 bits per heavy atom. The van der Waals surface area contributed by atoms with Crippen LogP contribution in [0.4, 0.5) is 0 Å². The van der Waals surface area contributed by atoms with Gasteiger partial charge in [0.2, 0.25) is 12.7 Å². The predicted molar refractivity (Wildman–Crippen MR) is 145 cm³/mol. The van der Waals surface area contributed by atoms with Crippen molar-refractivity contribution in [2.45, 2.75) is 38.1 Å². The van der Waals surface area contributed by atoms with Crippen molar-refractivity contribution < 1.29 is 23.8 Å². The molecular weight excluding hydrogens is 480 g/mol. The summed E-state index contributed by atoms with van der Waals surface area (Å²) in [6, 6.07) is 23.0. The van der Waals surface area contributed by atoms with E-state index in [1.54, 1.807) is 4.90 Å². The Kier molecular flexibility index (Phi) is 8.12. The van der Waals surface area contributed by atoms with Gasteiger partial charge in [-0.3, -0.25) is 9.59 Å². The van der Waals surface area contributed by atoms with E-state index in [4.69, 9.17) is 14.2 Å². The minimum Gasteiger partial charge on any atom is -0.491 e. The second-order valence-corrected chi connectivity index (χ2v) is 9.89. The molecule has 2 aliphatic rings. The minimum absolute atomic E-state index is 0.0461. The SMILES string of the molecule is CN1CCCCCN(C(=O)Cc2ccc3c(c2)OCO3)[C@@H](Cc2ccccc2)COc2ccccc2C1=O. The summed E-state index contributed by atoms with van der Waals surface area (Å²) in [5.41, 5.74) is 2.57. The third-order valence-corrected chi connectivity index (χ3v) is 7.16. The Morgan fingerprint density at radius 2 is 1.58 bits per heavy atom. The normalized spacial score (nSPS) is 18.0. The van der Waals surface area contributed by atoms with Gasteiger partial charge in [-0.25, -0.2) is 0 Å². The maximum atomic E-state index is 13.8. The van der Waals surface area contributed by atoms with Gasteiger partial charge in [-0.1, -0.05) is 48.5 Å². The third-order valence-electron chi connectivity index (χ3n) is 7.16. The average Bonchev–Trinajstić information content (AvgIpc) is 3.41. The van der Waals surface area contributed by atoms with E-state index in [0.717, 1.165) is 30.4 Å². The molecule has 3 aromatic rings. The number of fused-ring (bicyclic) bond motifs is 2. The van der Waals surface area contributed by atoms with Crippen molar-refractivity contribution >= 4 is 11.8 Å².